The predicted octanol–water partition coefficient (Wildman–Crippen LogP) is 3.56. The van der Waals surface area contributed by atoms with Gasteiger partial charge in [-0.15, -0.1) is 0 Å². The molecule has 0 radical (unpaired) electrons. The van der Waals surface area contributed by atoms with Crippen LogP contribution in [0.3, 0.4) is 0 Å². The van der Waals surface area contributed by atoms with E-state index in [1.807, 2.05) is 37.3 Å². The van der Waals surface area contributed by atoms with Crippen molar-refractivity contribution in [2.75, 3.05) is 0 Å². The van der Waals surface area contributed by atoms with E-state index in [1.54, 1.807) is 10.9 Å². The van der Waals surface area contributed by atoms with E-state index in [2.05, 4.69) is 10.1 Å². The molecule has 1 aromatic heterocycles. The first-order valence-corrected chi connectivity index (χ1v) is 8.93. The number of carbonyl (C=O) groups is 1. The summed E-state index contributed by atoms with van der Waals surface area (Å²) in [5.41, 5.74) is 4.29. The number of rotatable bonds is 3. The minimum Gasteiger partial charge on any atom is -0.481 e. The Morgan fingerprint density at radius 2 is 2.00 bits per heavy atom. The Balaban J connectivity index is 1.63. The third-order valence-corrected chi connectivity index (χ3v) is 5.41. The number of carboxylic acids is 1. The number of aliphatic carboxylic acids is 1. The number of allylic oxidation sites excluding steroid dienone is 1. The van der Waals surface area contributed by atoms with Gasteiger partial charge < -0.3 is 5.11 Å². The molecule has 0 saturated heterocycles. The Bertz CT molecular complexity index is 972. The van der Waals surface area contributed by atoms with Crippen molar-refractivity contribution in [1.82, 2.24) is 9.78 Å². The number of aromatic amines is 1. The van der Waals surface area contributed by atoms with Crippen molar-refractivity contribution in [3.8, 4) is 0 Å². The maximum Gasteiger partial charge on any atom is 0.306 e. The molecule has 1 aliphatic carbocycles. The maximum absolute atomic E-state index is 12.9. The van der Waals surface area contributed by atoms with Gasteiger partial charge in [-0.05, 0) is 44.7 Å². The van der Waals surface area contributed by atoms with Gasteiger partial charge in [0, 0.05) is 23.0 Å². The van der Waals surface area contributed by atoms with Gasteiger partial charge in [-0.1, -0.05) is 18.2 Å². The highest BCUT2D eigenvalue weighted by atomic mass is 16.4. The number of aliphatic imine (C=N–C) groups is 1. The van der Waals surface area contributed by atoms with E-state index >= 15 is 0 Å². The number of hydrogen-bond donors (Lipinski definition) is 2. The van der Waals surface area contributed by atoms with E-state index in [0.717, 1.165) is 22.5 Å². The number of aromatic nitrogens is 2. The third kappa shape index (κ3) is 2.81. The number of carboxylic acid groups (broad SMARTS) is 1. The molecule has 1 aliphatic heterocycles. The molecule has 0 bridgehead atoms. The molecule has 2 heterocycles. The number of aryl methyl sites for hydroxylation is 1. The highest BCUT2D eigenvalue weighted by Gasteiger charge is 2.28. The summed E-state index contributed by atoms with van der Waals surface area (Å²) in [6, 6.07) is 7.90. The van der Waals surface area contributed by atoms with E-state index < -0.39 is 5.97 Å². The Morgan fingerprint density at radius 3 is 2.73 bits per heavy atom. The topological polar surface area (TPSA) is 87.5 Å². The number of para-hydroxylation sites is 1. The summed E-state index contributed by atoms with van der Waals surface area (Å²) in [6.45, 7) is 1.89. The summed E-state index contributed by atoms with van der Waals surface area (Å²) in [5, 5.41) is 12.3. The molecular weight excluding hydrogens is 330 g/mol. The smallest absolute Gasteiger partial charge is 0.306 e. The molecule has 1 aromatic carbocycles. The Labute approximate surface area is 150 Å². The standard InChI is InChI=1S/C20H21N3O3/c1-12-17(10-14-11-21-18-5-3-2-4-16(14)18)19(24)23(22-12)15-8-6-13(7-9-15)20(25)26/h2-5,10-11,13,15,22H,6-9H2,1H3,(H,25,26)/b14-10+. The summed E-state index contributed by atoms with van der Waals surface area (Å²) in [7, 11) is 0. The largest absolute Gasteiger partial charge is 0.481 e. The molecule has 4 rings (SSSR count). The Morgan fingerprint density at radius 1 is 1.27 bits per heavy atom. The second-order valence-corrected chi connectivity index (χ2v) is 7.04. The molecule has 0 amide bonds. The minimum absolute atomic E-state index is 0.0356. The average Bonchev–Trinajstić information content (AvgIpc) is 3.18. The van der Waals surface area contributed by atoms with Gasteiger partial charge >= 0.3 is 5.97 Å². The van der Waals surface area contributed by atoms with Crippen LogP contribution in [0.15, 0.2) is 34.1 Å². The molecule has 6 heteroatoms. The minimum atomic E-state index is -0.733. The van der Waals surface area contributed by atoms with E-state index in [9.17, 15) is 9.59 Å². The number of hydrogen-bond acceptors (Lipinski definition) is 3. The van der Waals surface area contributed by atoms with Crippen LogP contribution in [0.1, 0.15) is 48.5 Å². The highest BCUT2D eigenvalue weighted by Crippen LogP contribution is 2.33. The summed E-state index contributed by atoms with van der Waals surface area (Å²) >= 11 is 0. The van der Waals surface area contributed by atoms with Crippen LogP contribution in [0.2, 0.25) is 0 Å². The number of benzene rings is 1. The monoisotopic (exact) mass is 351 g/mol. The SMILES string of the molecule is Cc1[nH]n(C2CCC(C(=O)O)CC2)c(=O)c1/C=C1\C=Nc2ccccc21. The first-order chi connectivity index (χ1) is 12.5. The Kier molecular flexibility index (Phi) is 4.11. The molecule has 134 valence electrons. The normalized spacial score (nSPS) is 23.3. The summed E-state index contributed by atoms with van der Waals surface area (Å²) in [5.74, 6) is -1.02. The molecule has 1 fully saturated rings. The summed E-state index contributed by atoms with van der Waals surface area (Å²) in [4.78, 5) is 28.4. The predicted molar refractivity (Wildman–Crippen MR) is 101 cm³/mol. The maximum atomic E-state index is 12.9. The van der Waals surface area contributed by atoms with Crippen molar-refractivity contribution in [3.05, 3.63) is 51.4 Å². The van der Waals surface area contributed by atoms with Gasteiger partial charge in [0.1, 0.15) is 0 Å². The summed E-state index contributed by atoms with van der Waals surface area (Å²) in [6.07, 6.45) is 6.32. The van der Waals surface area contributed by atoms with Crippen molar-refractivity contribution in [2.24, 2.45) is 10.9 Å². The number of fused-ring (bicyclic) bond motifs is 1. The van der Waals surface area contributed by atoms with Crippen LogP contribution in [0, 0.1) is 12.8 Å². The molecule has 6 nitrogen and oxygen atoms in total. The fourth-order valence-corrected chi connectivity index (χ4v) is 3.90. The molecule has 0 spiro atoms. The quantitative estimate of drug-likeness (QED) is 0.886. The summed E-state index contributed by atoms with van der Waals surface area (Å²) < 4.78 is 1.68. The van der Waals surface area contributed by atoms with Crippen molar-refractivity contribution in [1.29, 1.82) is 0 Å². The van der Waals surface area contributed by atoms with Crippen LogP contribution in [0.4, 0.5) is 5.69 Å². The van der Waals surface area contributed by atoms with Gasteiger partial charge in [-0.2, -0.15) is 0 Å². The molecule has 2 aromatic rings. The number of H-pyrrole nitrogens is 1. The zero-order valence-electron chi connectivity index (χ0n) is 14.6. The molecule has 1 saturated carbocycles. The fourth-order valence-electron chi connectivity index (χ4n) is 3.90. The van der Waals surface area contributed by atoms with E-state index in [1.165, 1.54) is 0 Å². The lowest BCUT2D eigenvalue weighted by atomic mass is 9.86. The van der Waals surface area contributed by atoms with Crippen LogP contribution < -0.4 is 5.56 Å². The van der Waals surface area contributed by atoms with Crippen molar-refractivity contribution in [3.63, 3.8) is 0 Å². The van der Waals surface area contributed by atoms with E-state index in [4.69, 9.17) is 5.11 Å². The van der Waals surface area contributed by atoms with Crippen LogP contribution in [0.5, 0.6) is 0 Å². The van der Waals surface area contributed by atoms with Gasteiger partial charge in [0.25, 0.3) is 5.56 Å². The zero-order valence-corrected chi connectivity index (χ0v) is 14.6. The van der Waals surface area contributed by atoms with Gasteiger partial charge in [-0.25, -0.2) is 4.68 Å². The van der Waals surface area contributed by atoms with Gasteiger partial charge in [0.15, 0.2) is 0 Å². The van der Waals surface area contributed by atoms with Crippen molar-refractivity contribution < 1.29 is 9.90 Å². The van der Waals surface area contributed by atoms with Crippen molar-refractivity contribution >= 4 is 29.5 Å². The highest BCUT2D eigenvalue weighted by molar-refractivity contribution is 6.21. The van der Waals surface area contributed by atoms with Crippen LogP contribution >= 0.6 is 0 Å². The number of nitrogens with zero attached hydrogens (tertiary/aromatic N) is 2. The van der Waals surface area contributed by atoms with Gasteiger partial charge in [-0.3, -0.25) is 19.7 Å². The first kappa shape index (κ1) is 16.6. The second kappa shape index (κ2) is 6.44. The van der Waals surface area contributed by atoms with E-state index in [0.29, 0.717) is 31.2 Å². The number of nitrogens with one attached hydrogen (secondary N) is 1. The molecule has 0 unspecified atom stereocenters. The second-order valence-electron chi connectivity index (χ2n) is 7.04. The van der Waals surface area contributed by atoms with E-state index in [-0.39, 0.29) is 17.5 Å². The average molecular weight is 351 g/mol. The molecule has 0 atom stereocenters. The lowest BCUT2D eigenvalue weighted by Crippen LogP contribution is -2.29. The molecular formula is C20H21N3O3. The van der Waals surface area contributed by atoms with Gasteiger partial charge in [0.2, 0.25) is 0 Å². The molecule has 2 aliphatic rings. The fraction of sp³-hybridized carbons (Fsp3) is 0.350. The van der Waals surface area contributed by atoms with Crippen LogP contribution in [-0.4, -0.2) is 27.1 Å². The molecule has 26 heavy (non-hydrogen) atoms. The molecule has 2 N–H and O–H groups in total. The van der Waals surface area contributed by atoms with Crippen molar-refractivity contribution in [2.45, 2.75) is 38.6 Å². The third-order valence-electron chi connectivity index (χ3n) is 5.41. The van der Waals surface area contributed by atoms with Gasteiger partial charge in [0.05, 0.1) is 23.2 Å². The zero-order chi connectivity index (χ0) is 18.3. The Hall–Kier alpha value is -2.89. The van der Waals surface area contributed by atoms with Crippen LogP contribution in [0.25, 0.3) is 11.6 Å². The first-order valence-electron chi connectivity index (χ1n) is 8.93. The lowest BCUT2D eigenvalue weighted by Gasteiger charge is -2.26. The lowest BCUT2D eigenvalue weighted by molar-refractivity contribution is -0.143. The van der Waals surface area contributed by atoms with Crippen LogP contribution in [-0.2, 0) is 4.79 Å².